The number of benzene rings is 1. The molecule has 0 bridgehead atoms. The molecule has 2 rings (SSSR count). The first-order chi connectivity index (χ1) is 7.97. The van der Waals surface area contributed by atoms with E-state index in [1.54, 1.807) is 7.11 Å². The van der Waals surface area contributed by atoms with Crippen molar-refractivity contribution in [1.82, 2.24) is 0 Å². The van der Waals surface area contributed by atoms with Crippen LogP contribution in [0.15, 0.2) is 6.07 Å². The highest BCUT2D eigenvalue weighted by Crippen LogP contribution is 2.35. The summed E-state index contributed by atoms with van der Waals surface area (Å²) in [6.45, 7) is 7.19. The highest BCUT2D eigenvalue weighted by atomic mass is 16.5. The summed E-state index contributed by atoms with van der Waals surface area (Å²) in [7, 11) is 1.72. The van der Waals surface area contributed by atoms with E-state index in [0.29, 0.717) is 0 Å². The van der Waals surface area contributed by atoms with Gasteiger partial charge in [-0.25, -0.2) is 0 Å². The smallest absolute Gasteiger partial charge is 0.122 e. The normalized spacial score (nSPS) is 16.8. The van der Waals surface area contributed by atoms with Crippen molar-refractivity contribution >= 4 is 5.69 Å². The van der Waals surface area contributed by atoms with Gasteiger partial charge in [0.05, 0.1) is 7.11 Å². The topological polar surface area (TPSA) is 47.3 Å². The van der Waals surface area contributed by atoms with Crippen LogP contribution in [0.3, 0.4) is 0 Å². The molecule has 3 N–H and O–H groups in total. The van der Waals surface area contributed by atoms with Crippen molar-refractivity contribution in [2.45, 2.75) is 39.2 Å². The molecule has 0 spiro atoms. The van der Waals surface area contributed by atoms with Crippen LogP contribution in [-0.2, 0) is 0 Å². The maximum Gasteiger partial charge on any atom is 0.122 e. The molecule has 17 heavy (non-hydrogen) atoms. The first-order valence-electron chi connectivity index (χ1n) is 6.14. The number of methoxy groups -OCH3 is 1. The zero-order valence-electron chi connectivity index (χ0n) is 11.2. The predicted molar refractivity (Wildman–Crippen MR) is 71.8 cm³/mol. The van der Waals surface area contributed by atoms with Crippen LogP contribution >= 0.6 is 0 Å². The Morgan fingerprint density at radius 2 is 1.94 bits per heavy atom. The van der Waals surface area contributed by atoms with Crippen LogP contribution in [0.4, 0.5) is 5.69 Å². The summed E-state index contributed by atoms with van der Waals surface area (Å²) < 4.78 is 5.37. The monoisotopic (exact) mass is 234 g/mol. The Labute approximate surface area is 103 Å². The fourth-order valence-electron chi connectivity index (χ4n) is 2.13. The van der Waals surface area contributed by atoms with Gasteiger partial charge in [-0.05, 0) is 56.4 Å². The highest BCUT2D eigenvalue weighted by molar-refractivity contribution is 5.63. The average Bonchev–Trinajstić information content (AvgIpc) is 3.02. The third kappa shape index (κ3) is 2.39. The molecular formula is C14H22N2O. The van der Waals surface area contributed by atoms with Crippen molar-refractivity contribution in [3.63, 3.8) is 0 Å². The zero-order valence-corrected chi connectivity index (χ0v) is 11.2. The Hall–Kier alpha value is -1.22. The van der Waals surface area contributed by atoms with Gasteiger partial charge in [0.1, 0.15) is 5.75 Å². The molecular weight excluding hydrogens is 212 g/mol. The second-order valence-corrected chi connectivity index (χ2v) is 5.24. The number of nitrogens with one attached hydrogen (secondary N) is 1. The Kier molecular flexibility index (Phi) is 3.04. The SMILES string of the molecule is COc1cc(C)c(NCC2(N)CC2)c(C)c1C. The average molecular weight is 234 g/mol. The minimum atomic E-state index is 0.0344. The van der Waals surface area contributed by atoms with Crippen molar-refractivity contribution in [1.29, 1.82) is 0 Å². The third-order valence-corrected chi connectivity index (χ3v) is 3.78. The second-order valence-electron chi connectivity index (χ2n) is 5.24. The van der Waals surface area contributed by atoms with Gasteiger partial charge in [0, 0.05) is 17.8 Å². The fourth-order valence-corrected chi connectivity index (χ4v) is 2.13. The number of hydrogen-bond acceptors (Lipinski definition) is 3. The molecule has 1 aliphatic rings. The molecule has 1 aliphatic carbocycles. The fraction of sp³-hybridized carbons (Fsp3) is 0.571. The standard InChI is InChI=1S/C14H22N2O/c1-9-7-12(17-4)10(2)11(3)13(9)16-8-14(15)5-6-14/h7,16H,5-6,8,15H2,1-4H3. The molecule has 0 aliphatic heterocycles. The number of aryl methyl sites for hydroxylation is 1. The molecule has 0 aromatic heterocycles. The Balaban J connectivity index is 2.24. The van der Waals surface area contributed by atoms with Crippen LogP contribution in [0.1, 0.15) is 29.5 Å². The van der Waals surface area contributed by atoms with E-state index in [2.05, 4.69) is 32.2 Å². The van der Waals surface area contributed by atoms with Gasteiger partial charge in [-0.15, -0.1) is 0 Å². The Morgan fingerprint density at radius 3 is 2.47 bits per heavy atom. The van der Waals surface area contributed by atoms with Crippen molar-refractivity contribution in [3.8, 4) is 5.75 Å². The van der Waals surface area contributed by atoms with E-state index in [0.717, 1.165) is 25.1 Å². The number of ether oxygens (including phenoxy) is 1. The maximum atomic E-state index is 6.10. The minimum absolute atomic E-state index is 0.0344. The van der Waals surface area contributed by atoms with Crippen LogP contribution < -0.4 is 15.8 Å². The van der Waals surface area contributed by atoms with E-state index in [4.69, 9.17) is 10.5 Å². The van der Waals surface area contributed by atoms with Crippen molar-refractivity contribution in [2.75, 3.05) is 19.0 Å². The number of rotatable bonds is 4. The summed E-state index contributed by atoms with van der Waals surface area (Å²) in [5.41, 5.74) is 11.0. The minimum Gasteiger partial charge on any atom is -0.496 e. The van der Waals surface area contributed by atoms with Crippen LogP contribution in [-0.4, -0.2) is 19.2 Å². The van der Waals surface area contributed by atoms with Gasteiger partial charge in [-0.3, -0.25) is 0 Å². The van der Waals surface area contributed by atoms with Gasteiger partial charge in [0.25, 0.3) is 0 Å². The van der Waals surface area contributed by atoms with E-state index in [9.17, 15) is 0 Å². The molecule has 0 heterocycles. The number of hydrogen-bond donors (Lipinski definition) is 2. The summed E-state index contributed by atoms with van der Waals surface area (Å²) >= 11 is 0. The van der Waals surface area contributed by atoms with Gasteiger partial charge in [0.2, 0.25) is 0 Å². The molecule has 0 amide bonds. The van der Waals surface area contributed by atoms with E-state index in [-0.39, 0.29) is 5.54 Å². The van der Waals surface area contributed by atoms with Gasteiger partial charge < -0.3 is 15.8 Å². The molecule has 0 atom stereocenters. The van der Waals surface area contributed by atoms with Gasteiger partial charge >= 0.3 is 0 Å². The van der Waals surface area contributed by atoms with Gasteiger partial charge in [-0.2, -0.15) is 0 Å². The molecule has 0 saturated heterocycles. The van der Waals surface area contributed by atoms with Crippen molar-refractivity contribution in [2.24, 2.45) is 5.73 Å². The quantitative estimate of drug-likeness (QED) is 0.841. The summed E-state index contributed by atoms with van der Waals surface area (Å²) in [5, 5.41) is 3.50. The Morgan fingerprint density at radius 1 is 1.29 bits per heavy atom. The van der Waals surface area contributed by atoms with Crippen LogP contribution in [0.25, 0.3) is 0 Å². The van der Waals surface area contributed by atoms with Crippen molar-refractivity contribution < 1.29 is 4.74 Å². The summed E-state index contributed by atoms with van der Waals surface area (Å²) in [6, 6.07) is 2.08. The van der Waals surface area contributed by atoms with E-state index >= 15 is 0 Å². The van der Waals surface area contributed by atoms with E-state index in [1.807, 2.05) is 0 Å². The summed E-state index contributed by atoms with van der Waals surface area (Å²) in [6.07, 6.45) is 2.26. The highest BCUT2D eigenvalue weighted by Gasteiger charge is 2.37. The van der Waals surface area contributed by atoms with E-state index in [1.165, 1.54) is 22.4 Å². The van der Waals surface area contributed by atoms with Crippen LogP contribution in [0.5, 0.6) is 5.75 Å². The Bertz CT molecular complexity index is 436. The number of nitrogens with two attached hydrogens (primary N) is 1. The predicted octanol–water partition coefficient (Wildman–Crippen LogP) is 2.52. The molecule has 0 radical (unpaired) electrons. The molecule has 1 saturated carbocycles. The molecule has 1 aromatic carbocycles. The van der Waals surface area contributed by atoms with Gasteiger partial charge in [0.15, 0.2) is 0 Å². The molecule has 0 unspecified atom stereocenters. The molecule has 1 aromatic rings. The zero-order chi connectivity index (χ0) is 12.6. The summed E-state index contributed by atoms with van der Waals surface area (Å²) in [5.74, 6) is 0.958. The first-order valence-corrected chi connectivity index (χ1v) is 6.14. The largest absolute Gasteiger partial charge is 0.496 e. The van der Waals surface area contributed by atoms with Crippen LogP contribution in [0.2, 0.25) is 0 Å². The van der Waals surface area contributed by atoms with Crippen molar-refractivity contribution in [3.05, 3.63) is 22.8 Å². The third-order valence-electron chi connectivity index (χ3n) is 3.78. The lowest BCUT2D eigenvalue weighted by Gasteiger charge is -2.19. The second kappa shape index (κ2) is 4.22. The molecule has 3 heteroatoms. The lowest BCUT2D eigenvalue weighted by Crippen LogP contribution is -2.31. The van der Waals surface area contributed by atoms with E-state index < -0.39 is 0 Å². The maximum absolute atomic E-state index is 6.10. The van der Waals surface area contributed by atoms with Crippen LogP contribution in [0, 0.1) is 20.8 Å². The first kappa shape index (κ1) is 12.2. The molecule has 1 fully saturated rings. The molecule has 3 nitrogen and oxygen atoms in total. The van der Waals surface area contributed by atoms with Gasteiger partial charge in [-0.1, -0.05) is 0 Å². The summed E-state index contributed by atoms with van der Waals surface area (Å²) in [4.78, 5) is 0. The lowest BCUT2D eigenvalue weighted by atomic mass is 10.0. The molecule has 94 valence electrons. The number of anilines is 1. The lowest BCUT2D eigenvalue weighted by molar-refractivity contribution is 0.411.